The molecule has 4 aromatic heterocycles. The van der Waals surface area contributed by atoms with E-state index in [4.69, 9.17) is 8.83 Å². The van der Waals surface area contributed by atoms with Crippen LogP contribution in [-0.2, 0) is 6.54 Å². The summed E-state index contributed by atoms with van der Waals surface area (Å²) >= 11 is 0. The van der Waals surface area contributed by atoms with Crippen molar-refractivity contribution >= 4 is 21.9 Å². The number of piperidine rings is 1. The molecule has 5 heterocycles. The van der Waals surface area contributed by atoms with Crippen LogP contribution in [-0.4, -0.2) is 48.4 Å². The van der Waals surface area contributed by atoms with Crippen LogP contribution in [0.5, 0.6) is 0 Å². The lowest BCUT2D eigenvalue weighted by molar-refractivity contribution is 0.184. The molecule has 0 saturated carbocycles. The number of hydrogen-bond donors (Lipinski definition) is 1. The first kappa shape index (κ1) is 21.0. The molecular formula is C27H23N7O2. The molecule has 6 aromatic rings. The Kier molecular flexibility index (Phi) is 5.06. The minimum absolute atomic E-state index is 0.205. The Labute approximate surface area is 206 Å². The van der Waals surface area contributed by atoms with Crippen LogP contribution < -0.4 is 0 Å². The Bertz CT molecular complexity index is 1650. The van der Waals surface area contributed by atoms with Crippen molar-refractivity contribution < 1.29 is 8.83 Å². The standard InChI is InChI=1S/C27H23N7O2/c1-2-20(14-34(10-1)15-21-7-9-28-16-29-21)27-33-32-26(36-27)19-3-5-23-22(13-19)25(31-30-23)18-4-6-24-17(12-18)8-11-35-24/h3-9,11-13,16,20H,1-2,10,14-15H2,(H,30,31)/t20-/m1/s1. The first-order valence-electron chi connectivity index (χ1n) is 12.1. The number of likely N-dealkylation sites (tertiary alicyclic amines) is 1. The van der Waals surface area contributed by atoms with E-state index in [1.165, 1.54) is 0 Å². The van der Waals surface area contributed by atoms with Crippen molar-refractivity contribution in [2.45, 2.75) is 25.3 Å². The molecule has 9 heteroatoms. The van der Waals surface area contributed by atoms with E-state index < -0.39 is 0 Å². The molecule has 1 saturated heterocycles. The van der Waals surface area contributed by atoms with E-state index in [-0.39, 0.29) is 5.92 Å². The highest BCUT2D eigenvalue weighted by Crippen LogP contribution is 2.33. The average molecular weight is 478 g/mol. The number of rotatable bonds is 5. The summed E-state index contributed by atoms with van der Waals surface area (Å²) < 4.78 is 11.7. The maximum absolute atomic E-state index is 6.21. The minimum atomic E-state index is 0.205. The van der Waals surface area contributed by atoms with Gasteiger partial charge in [0.15, 0.2) is 0 Å². The third-order valence-electron chi connectivity index (χ3n) is 6.86. The Balaban J connectivity index is 1.15. The molecule has 0 bridgehead atoms. The Morgan fingerprint density at radius 3 is 2.94 bits per heavy atom. The molecule has 0 spiro atoms. The van der Waals surface area contributed by atoms with Crippen molar-refractivity contribution in [1.82, 2.24) is 35.3 Å². The molecule has 36 heavy (non-hydrogen) atoms. The van der Waals surface area contributed by atoms with Crippen LogP contribution in [0.3, 0.4) is 0 Å². The first-order valence-corrected chi connectivity index (χ1v) is 12.1. The molecule has 178 valence electrons. The zero-order valence-corrected chi connectivity index (χ0v) is 19.5. The second-order valence-electron chi connectivity index (χ2n) is 9.23. The third-order valence-corrected chi connectivity index (χ3v) is 6.86. The molecule has 9 nitrogen and oxygen atoms in total. The van der Waals surface area contributed by atoms with Gasteiger partial charge in [-0.1, -0.05) is 0 Å². The van der Waals surface area contributed by atoms with Gasteiger partial charge in [0.05, 0.1) is 29.1 Å². The van der Waals surface area contributed by atoms with Crippen LogP contribution in [0.15, 0.2) is 76.2 Å². The summed E-state index contributed by atoms with van der Waals surface area (Å²) in [6.45, 7) is 2.70. The van der Waals surface area contributed by atoms with E-state index in [0.29, 0.717) is 11.8 Å². The van der Waals surface area contributed by atoms with Crippen LogP contribution in [0.25, 0.3) is 44.6 Å². The third kappa shape index (κ3) is 3.83. The summed E-state index contributed by atoms with van der Waals surface area (Å²) in [5.74, 6) is 1.42. The van der Waals surface area contributed by atoms with Gasteiger partial charge in [-0.2, -0.15) is 5.10 Å². The Morgan fingerprint density at radius 2 is 2.00 bits per heavy atom. The fraction of sp³-hybridized carbons (Fsp3) is 0.222. The van der Waals surface area contributed by atoms with Crippen LogP contribution in [0, 0.1) is 0 Å². The summed E-state index contributed by atoms with van der Waals surface area (Å²) in [7, 11) is 0. The zero-order chi connectivity index (χ0) is 23.9. The molecule has 2 aromatic carbocycles. The highest BCUT2D eigenvalue weighted by atomic mass is 16.4. The van der Waals surface area contributed by atoms with Crippen LogP contribution in [0.2, 0.25) is 0 Å². The summed E-state index contributed by atoms with van der Waals surface area (Å²) in [5.41, 5.74) is 5.60. The van der Waals surface area contributed by atoms with Gasteiger partial charge in [-0.3, -0.25) is 10.00 Å². The van der Waals surface area contributed by atoms with Crippen molar-refractivity contribution in [3.8, 4) is 22.7 Å². The Morgan fingerprint density at radius 1 is 1.03 bits per heavy atom. The number of furan rings is 1. The van der Waals surface area contributed by atoms with Gasteiger partial charge >= 0.3 is 0 Å². The van der Waals surface area contributed by atoms with Gasteiger partial charge in [0.2, 0.25) is 11.8 Å². The maximum atomic E-state index is 6.21. The fourth-order valence-corrected chi connectivity index (χ4v) is 5.04. The second-order valence-corrected chi connectivity index (χ2v) is 9.23. The summed E-state index contributed by atoms with van der Waals surface area (Å²) in [6, 6.07) is 16.1. The first-order chi connectivity index (χ1) is 17.8. The number of benzene rings is 2. The average Bonchev–Trinajstić information content (AvgIpc) is 3.68. The predicted octanol–water partition coefficient (Wildman–Crippen LogP) is 5.20. The Hall–Kier alpha value is -4.37. The molecule has 1 fully saturated rings. The molecular weight excluding hydrogens is 454 g/mol. The van der Waals surface area contributed by atoms with Crippen molar-refractivity contribution in [2.75, 3.05) is 13.1 Å². The van der Waals surface area contributed by atoms with E-state index in [2.05, 4.69) is 47.4 Å². The van der Waals surface area contributed by atoms with Crippen LogP contribution in [0.1, 0.15) is 30.3 Å². The number of hydrogen-bond acceptors (Lipinski definition) is 8. The number of nitrogens with zero attached hydrogens (tertiary/aromatic N) is 6. The topological polar surface area (TPSA) is 110 Å². The van der Waals surface area contributed by atoms with Crippen LogP contribution in [0.4, 0.5) is 0 Å². The van der Waals surface area contributed by atoms with Crippen molar-refractivity contribution in [3.05, 3.63) is 78.9 Å². The van der Waals surface area contributed by atoms with Gasteiger partial charge in [0, 0.05) is 41.2 Å². The van der Waals surface area contributed by atoms with Crippen molar-refractivity contribution in [3.63, 3.8) is 0 Å². The summed E-state index contributed by atoms with van der Waals surface area (Å²) in [4.78, 5) is 10.8. The zero-order valence-electron chi connectivity index (χ0n) is 19.5. The van der Waals surface area contributed by atoms with E-state index >= 15 is 0 Å². The van der Waals surface area contributed by atoms with E-state index in [1.54, 1.807) is 18.8 Å². The molecule has 1 N–H and O–H groups in total. The molecule has 7 rings (SSSR count). The van der Waals surface area contributed by atoms with Crippen LogP contribution >= 0.6 is 0 Å². The van der Waals surface area contributed by atoms with E-state index in [1.807, 2.05) is 36.4 Å². The summed E-state index contributed by atoms with van der Waals surface area (Å²) in [6.07, 6.45) is 7.19. The number of aromatic nitrogens is 6. The van der Waals surface area contributed by atoms with Gasteiger partial charge < -0.3 is 8.83 Å². The monoisotopic (exact) mass is 477 g/mol. The lowest BCUT2D eigenvalue weighted by atomic mass is 9.98. The smallest absolute Gasteiger partial charge is 0.247 e. The van der Waals surface area contributed by atoms with Crippen molar-refractivity contribution in [2.24, 2.45) is 0 Å². The lowest BCUT2D eigenvalue weighted by Crippen LogP contribution is -2.34. The largest absolute Gasteiger partial charge is 0.464 e. The summed E-state index contributed by atoms with van der Waals surface area (Å²) in [5, 5.41) is 18.6. The highest BCUT2D eigenvalue weighted by molar-refractivity contribution is 5.97. The van der Waals surface area contributed by atoms with Gasteiger partial charge in [0.1, 0.15) is 11.9 Å². The molecule has 0 unspecified atom stereocenters. The highest BCUT2D eigenvalue weighted by Gasteiger charge is 2.26. The van der Waals surface area contributed by atoms with Crippen molar-refractivity contribution in [1.29, 1.82) is 0 Å². The SMILES string of the molecule is c1cc(CN2CCC[C@@H](c3nnc(-c4ccc5[nH]nc(-c6ccc7occc7c6)c5c4)o3)C2)ncn1. The minimum Gasteiger partial charge on any atom is -0.464 e. The van der Waals surface area contributed by atoms with Gasteiger partial charge in [-0.15, -0.1) is 10.2 Å². The number of aromatic amines is 1. The molecule has 0 amide bonds. The normalized spacial score (nSPS) is 16.7. The van der Waals surface area contributed by atoms with Gasteiger partial charge in [0.25, 0.3) is 0 Å². The molecule has 1 aliphatic rings. The fourth-order valence-electron chi connectivity index (χ4n) is 5.04. The van der Waals surface area contributed by atoms with E-state index in [9.17, 15) is 0 Å². The second kappa shape index (κ2) is 8.69. The quantitative estimate of drug-likeness (QED) is 0.361. The molecule has 1 atom stereocenters. The lowest BCUT2D eigenvalue weighted by Gasteiger charge is -2.30. The van der Waals surface area contributed by atoms with Gasteiger partial charge in [-0.25, -0.2) is 9.97 Å². The number of fused-ring (bicyclic) bond motifs is 2. The predicted molar refractivity (Wildman–Crippen MR) is 134 cm³/mol. The maximum Gasteiger partial charge on any atom is 0.247 e. The number of H-pyrrole nitrogens is 1. The molecule has 0 aliphatic carbocycles. The number of nitrogens with one attached hydrogen (secondary N) is 1. The molecule has 1 aliphatic heterocycles. The molecule has 0 radical (unpaired) electrons. The van der Waals surface area contributed by atoms with E-state index in [0.717, 1.165) is 76.9 Å². The van der Waals surface area contributed by atoms with Gasteiger partial charge in [-0.05, 0) is 67.9 Å².